The van der Waals surface area contributed by atoms with Crippen LogP contribution in [0.1, 0.15) is 10.4 Å². The van der Waals surface area contributed by atoms with Crippen molar-refractivity contribution < 1.29 is 0 Å². The molecule has 1 aromatic carbocycles. The molecular formula is C19H14ClN3O2S. The molecule has 26 heavy (non-hydrogen) atoms. The zero-order chi connectivity index (χ0) is 18.1. The number of fused-ring (bicyclic) bond motifs is 1. The lowest BCUT2D eigenvalue weighted by Gasteiger charge is -2.13. The number of rotatable bonds is 4. The Hall–Kier alpha value is -2.70. The fourth-order valence-corrected chi connectivity index (χ4v) is 3.82. The second-order valence-electron chi connectivity index (χ2n) is 5.84. The molecule has 0 fully saturated rings. The second kappa shape index (κ2) is 6.90. The lowest BCUT2D eigenvalue weighted by atomic mass is 10.2. The van der Waals surface area contributed by atoms with Crippen molar-refractivity contribution in [2.75, 3.05) is 0 Å². The van der Waals surface area contributed by atoms with Crippen LogP contribution >= 0.6 is 22.9 Å². The number of hydrogen-bond acceptors (Lipinski definition) is 4. The maximum absolute atomic E-state index is 13.1. The van der Waals surface area contributed by atoms with Gasteiger partial charge in [-0.3, -0.25) is 13.9 Å². The molecule has 4 rings (SSSR count). The molecule has 0 saturated carbocycles. The second-order valence-corrected chi connectivity index (χ2v) is 7.31. The predicted octanol–water partition coefficient (Wildman–Crippen LogP) is 3.37. The van der Waals surface area contributed by atoms with E-state index >= 15 is 0 Å². The third-order valence-electron chi connectivity index (χ3n) is 4.11. The number of benzene rings is 1. The standard InChI is InChI=1S/C19H14ClN3O2S/c20-14-5-1-4-13(10-14)11-22-16-7-2-8-21-17(16)18(24)23(19(22)25)12-15-6-3-9-26-15/h1-10H,11-12H2. The van der Waals surface area contributed by atoms with E-state index in [1.165, 1.54) is 15.9 Å². The summed E-state index contributed by atoms with van der Waals surface area (Å²) in [4.78, 5) is 31.0. The summed E-state index contributed by atoms with van der Waals surface area (Å²) in [5.41, 5.74) is 0.951. The Morgan fingerprint density at radius 1 is 1.00 bits per heavy atom. The lowest BCUT2D eigenvalue weighted by Crippen LogP contribution is -2.40. The fourth-order valence-electron chi connectivity index (χ4n) is 2.91. The summed E-state index contributed by atoms with van der Waals surface area (Å²) >= 11 is 7.57. The Kier molecular flexibility index (Phi) is 4.44. The van der Waals surface area contributed by atoms with E-state index in [1.54, 1.807) is 29.0 Å². The van der Waals surface area contributed by atoms with Crippen molar-refractivity contribution in [3.63, 3.8) is 0 Å². The number of aromatic nitrogens is 3. The highest BCUT2D eigenvalue weighted by atomic mass is 35.5. The van der Waals surface area contributed by atoms with Crippen molar-refractivity contribution in [3.05, 3.63) is 96.4 Å². The largest absolute Gasteiger partial charge is 0.332 e. The van der Waals surface area contributed by atoms with Crippen molar-refractivity contribution >= 4 is 34.0 Å². The molecule has 0 aliphatic rings. The summed E-state index contributed by atoms with van der Waals surface area (Å²) in [6, 6.07) is 14.6. The Balaban J connectivity index is 1.93. The normalized spacial score (nSPS) is 11.1. The Morgan fingerprint density at radius 3 is 2.65 bits per heavy atom. The molecule has 5 nitrogen and oxygen atoms in total. The van der Waals surface area contributed by atoms with Crippen LogP contribution in [0.5, 0.6) is 0 Å². The quantitative estimate of drug-likeness (QED) is 0.543. The average Bonchev–Trinajstić information content (AvgIpc) is 3.16. The highest BCUT2D eigenvalue weighted by molar-refractivity contribution is 7.09. The van der Waals surface area contributed by atoms with Crippen molar-refractivity contribution in [1.82, 2.24) is 14.1 Å². The SMILES string of the molecule is O=c1c2ncccc2n(Cc2cccc(Cl)c2)c(=O)n1Cc1cccs1. The van der Waals surface area contributed by atoms with Crippen LogP contribution in [0, 0.1) is 0 Å². The van der Waals surface area contributed by atoms with Crippen LogP contribution in [0.3, 0.4) is 0 Å². The smallest absolute Gasteiger partial charge is 0.287 e. The van der Waals surface area contributed by atoms with Crippen LogP contribution < -0.4 is 11.2 Å². The molecule has 0 aliphatic carbocycles. The van der Waals surface area contributed by atoms with Crippen molar-refractivity contribution in [1.29, 1.82) is 0 Å². The first-order valence-corrected chi connectivity index (χ1v) is 9.24. The molecule has 4 aromatic rings. The molecule has 0 spiro atoms. The van der Waals surface area contributed by atoms with Crippen LogP contribution in [0.15, 0.2) is 69.7 Å². The zero-order valence-corrected chi connectivity index (χ0v) is 15.2. The first-order valence-electron chi connectivity index (χ1n) is 7.98. The summed E-state index contributed by atoms with van der Waals surface area (Å²) in [7, 11) is 0. The molecule has 0 N–H and O–H groups in total. The van der Waals surface area contributed by atoms with E-state index in [-0.39, 0.29) is 23.3 Å². The summed E-state index contributed by atoms with van der Waals surface area (Å²) in [6.45, 7) is 0.545. The van der Waals surface area contributed by atoms with Crippen LogP contribution in [-0.4, -0.2) is 14.1 Å². The minimum absolute atomic E-state index is 0.234. The molecule has 3 heterocycles. The molecular weight excluding hydrogens is 370 g/mol. The van der Waals surface area contributed by atoms with Gasteiger partial charge in [0.1, 0.15) is 0 Å². The Morgan fingerprint density at radius 2 is 1.88 bits per heavy atom. The Bertz CT molecular complexity index is 1200. The number of pyridine rings is 1. The monoisotopic (exact) mass is 383 g/mol. The topological polar surface area (TPSA) is 56.9 Å². The molecule has 0 unspecified atom stereocenters. The fraction of sp³-hybridized carbons (Fsp3) is 0.105. The van der Waals surface area contributed by atoms with Gasteiger partial charge in [-0.2, -0.15) is 0 Å². The maximum Gasteiger partial charge on any atom is 0.332 e. The van der Waals surface area contributed by atoms with Gasteiger partial charge < -0.3 is 0 Å². The molecule has 0 bridgehead atoms. The van der Waals surface area contributed by atoms with E-state index in [0.717, 1.165) is 10.4 Å². The van der Waals surface area contributed by atoms with Crippen LogP contribution in [0.2, 0.25) is 5.02 Å². The number of nitrogens with zero attached hydrogens (tertiary/aromatic N) is 3. The number of thiophene rings is 1. The predicted molar refractivity (Wildman–Crippen MR) is 104 cm³/mol. The van der Waals surface area contributed by atoms with Crippen molar-refractivity contribution in [2.45, 2.75) is 13.1 Å². The molecule has 0 aliphatic heterocycles. The molecule has 0 radical (unpaired) electrons. The van der Waals surface area contributed by atoms with Crippen LogP contribution in [-0.2, 0) is 13.1 Å². The summed E-state index contributed by atoms with van der Waals surface area (Å²) < 4.78 is 2.81. The van der Waals surface area contributed by atoms with E-state index < -0.39 is 0 Å². The third-order valence-corrected chi connectivity index (χ3v) is 5.21. The van der Waals surface area contributed by atoms with Gasteiger partial charge in [0, 0.05) is 16.1 Å². The van der Waals surface area contributed by atoms with Gasteiger partial charge in [0.2, 0.25) is 0 Å². The van der Waals surface area contributed by atoms with Crippen LogP contribution in [0.25, 0.3) is 11.0 Å². The molecule has 3 aromatic heterocycles. The van der Waals surface area contributed by atoms with Gasteiger partial charge in [0.15, 0.2) is 5.52 Å². The lowest BCUT2D eigenvalue weighted by molar-refractivity contribution is 0.637. The van der Waals surface area contributed by atoms with Gasteiger partial charge in [-0.05, 0) is 41.3 Å². The number of halogens is 1. The summed E-state index contributed by atoms with van der Waals surface area (Å²) in [5, 5.41) is 2.52. The highest BCUT2D eigenvalue weighted by Crippen LogP contribution is 2.14. The minimum atomic E-state index is -0.374. The van der Waals surface area contributed by atoms with E-state index in [1.807, 2.05) is 35.7 Å². The molecule has 7 heteroatoms. The summed E-state index contributed by atoms with van der Waals surface area (Å²) in [5.74, 6) is 0. The van der Waals surface area contributed by atoms with Gasteiger partial charge in [-0.1, -0.05) is 29.8 Å². The van der Waals surface area contributed by atoms with E-state index in [4.69, 9.17) is 11.6 Å². The summed E-state index contributed by atoms with van der Waals surface area (Å²) in [6.07, 6.45) is 1.56. The van der Waals surface area contributed by atoms with Gasteiger partial charge in [0.25, 0.3) is 5.56 Å². The van der Waals surface area contributed by atoms with Gasteiger partial charge in [0.05, 0.1) is 18.6 Å². The first kappa shape index (κ1) is 16.8. The van der Waals surface area contributed by atoms with Crippen molar-refractivity contribution in [2.24, 2.45) is 0 Å². The molecule has 130 valence electrons. The number of hydrogen-bond donors (Lipinski definition) is 0. The van der Waals surface area contributed by atoms with Crippen molar-refractivity contribution in [3.8, 4) is 0 Å². The zero-order valence-electron chi connectivity index (χ0n) is 13.6. The van der Waals surface area contributed by atoms with Crippen LogP contribution in [0.4, 0.5) is 0 Å². The molecule has 0 atom stereocenters. The average molecular weight is 384 g/mol. The Labute approximate surface area is 157 Å². The maximum atomic E-state index is 13.1. The molecule has 0 amide bonds. The first-order chi connectivity index (χ1) is 12.6. The highest BCUT2D eigenvalue weighted by Gasteiger charge is 2.15. The van der Waals surface area contributed by atoms with E-state index in [9.17, 15) is 9.59 Å². The van der Waals surface area contributed by atoms with Gasteiger partial charge in [-0.25, -0.2) is 9.78 Å². The van der Waals surface area contributed by atoms with E-state index in [0.29, 0.717) is 17.1 Å². The third kappa shape index (κ3) is 3.09. The van der Waals surface area contributed by atoms with E-state index in [2.05, 4.69) is 4.98 Å². The van der Waals surface area contributed by atoms with Gasteiger partial charge in [-0.15, -0.1) is 11.3 Å². The molecule has 0 saturated heterocycles. The van der Waals surface area contributed by atoms with Gasteiger partial charge >= 0.3 is 5.69 Å². The minimum Gasteiger partial charge on any atom is -0.287 e.